The Morgan fingerprint density at radius 1 is 1.48 bits per heavy atom. The molecule has 0 radical (unpaired) electrons. The van der Waals surface area contributed by atoms with Crippen LogP contribution in [0.2, 0.25) is 0 Å². The number of nitrogens with zero attached hydrogens (tertiary/aromatic N) is 3. The van der Waals surface area contributed by atoms with Crippen LogP contribution in [0.5, 0.6) is 5.75 Å². The number of aromatic amines is 1. The minimum Gasteiger partial charge on any atom is -0.487 e. The highest BCUT2D eigenvalue weighted by Crippen LogP contribution is 2.35. The Kier molecular flexibility index (Phi) is 5.86. The van der Waals surface area contributed by atoms with Gasteiger partial charge in [0.05, 0.1) is 17.2 Å². The summed E-state index contributed by atoms with van der Waals surface area (Å²) in [6, 6.07) is 8.01. The summed E-state index contributed by atoms with van der Waals surface area (Å²) in [5.74, 6) is 1.30. The molecule has 7 nitrogen and oxygen atoms in total. The van der Waals surface area contributed by atoms with Crippen molar-refractivity contribution in [2.24, 2.45) is 0 Å². The molecule has 150 valence electrons. The minimum atomic E-state index is -0.189. The summed E-state index contributed by atoms with van der Waals surface area (Å²) in [7, 11) is 0. The van der Waals surface area contributed by atoms with Crippen LogP contribution in [0.15, 0.2) is 35.7 Å². The number of aromatic nitrogens is 4. The lowest BCUT2D eigenvalue weighted by molar-refractivity contribution is -0.116. The number of carbonyl (C=O) groups is 1. The summed E-state index contributed by atoms with van der Waals surface area (Å²) in [5, 5.41) is 12.9. The molecule has 3 aromatic rings. The number of rotatable bonds is 8. The number of nitrogens with one attached hydrogen (secondary N) is 2. The van der Waals surface area contributed by atoms with E-state index in [2.05, 4.69) is 20.5 Å². The summed E-state index contributed by atoms with van der Waals surface area (Å²) in [6.07, 6.45) is 5.48. The number of amides is 1. The van der Waals surface area contributed by atoms with E-state index in [9.17, 15) is 4.79 Å². The van der Waals surface area contributed by atoms with Gasteiger partial charge in [-0.15, -0.1) is 11.3 Å². The van der Waals surface area contributed by atoms with Crippen molar-refractivity contribution in [2.75, 3.05) is 0 Å². The van der Waals surface area contributed by atoms with Gasteiger partial charge in [0, 0.05) is 17.5 Å². The first-order valence-electron chi connectivity index (χ1n) is 9.34. The number of hydrogen-bond donors (Lipinski definition) is 2. The Balaban J connectivity index is 1.31. The van der Waals surface area contributed by atoms with E-state index in [4.69, 9.17) is 17.0 Å². The van der Waals surface area contributed by atoms with Gasteiger partial charge < -0.3 is 10.1 Å². The van der Waals surface area contributed by atoms with Crippen molar-refractivity contribution in [1.82, 2.24) is 25.1 Å². The molecule has 2 aromatic heterocycles. The fourth-order valence-corrected chi connectivity index (χ4v) is 3.81. The maximum absolute atomic E-state index is 12.2. The second kappa shape index (κ2) is 8.71. The highest BCUT2D eigenvalue weighted by Gasteiger charge is 2.27. The largest absolute Gasteiger partial charge is 0.487 e. The van der Waals surface area contributed by atoms with Crippen molar-refractivity contribution in [1.29, 1.82) is 0 Å². The molecule has 0 bridgehead atoms. The van der Waals surface area contributed by atoms with E-state index in [0.29, 0.717) is 24.0 Å². The molecule has 4 rings (SSSR count). The standard InChI is InChI=1S/C20H21N5O2S2/c1-13-22-15(12-29-13)11-27-17-4-2-3-14(9-17)5-8-19(26)21-10-18-23-24-20(28)25(18)16-6-7-16/h2-5,8-9,12,16H,6-7,10-11H2,1H3,(H,21,26)(H,24,28)/b8-5+. The monoisotopic (exact) mass is 427 g/mol. The van der Waals surface area contributed by atoms with Gasteiger partial charge in [-0.1, -0.05) is 12.1 Å². The molecule has 2 N–H and O–H groups in total. The Morgan fingerprint density at radius 3 is 3.10 bits per heavy atom. The molecule has 0 unspecified atom stereocenters. The van der Waals surface area contributed by atoms with Gasteiger partial charge in [-0.05, 0) is 55.8 Å². The maximum atomic E-state index is 12.2. The van der Waals surface area contributed by atoms with Crippen molar-refractivity contribution < 1.29 is 9.53 Å². The molecule has 1 aliphatic carbocycles. The van der Waals surface area contributed by atoms with Crippen LogP contribution in [-0.2, 0) is 17.9 Å². The molecule has 0 saturated heterocycles. The Morgan fingerprint density at radius 2 is 2.34 bits per heavy atom. The Bertz CT molecular complexity index is 1090. The third kappa shape index (κ3) is 5.18. The molecule has 9 heteroatoms. The van der Waals surface area contributed by atoms with E-state index >= 15 is 0 Å². The van der Waals surface area contributed by atoms with Crippen LogP contribution in [-0.4, -0.2) is 25.7 Å². The molecule has 0 atom stereocenters. The smallest absolute Gasteiger partial charge is 0.244 e. The Labute approximate surface area is 177 Å². The van der Waals surface area contributed by atoms with Crippen LogP contribution in [0, 0.1) is 11.7 Å². The van der Waals surface area contributed by atoms with Gasteiger partial charge >= 0.3 is 0 Å². The maximum Gasteiger partial charge on any atom is 0.244 e. The molecular weight excluding hydrogens is 406 g/mol. The lowest BCUT2D eigenvalue weighted by Gasteiger charge is -2.06. The van der Waals surface area contributed by atoms with Crippen molar-refractivity contribution in [3.63, 3.8) is 0 Å². The number of ether oxygens (including phenoxy) is 1. The average Bonchev–Trinajstić information content (AvgIpc) is 3.36. The number of hydrogen-bond acceptors (Lipinski definition) is 6. The van der Waals surface area contributed by atoms with E-state index in [1.165, 1.54) is 6.08 Å². The van der Waals surface area contributed by atoms with E-state index in [1.807, 2.05) is 41.1 Å². The first kappa shape index (κ1) is 19.5. The number of H-pyrrole nitrogens is 1. The lowest BCUT2D eigenvalue weighted by Crippen LogP contribution is -2.22. The minimum absolute atomic E-state index is 0.189. The molecule has 1 saturated carbocycles. The molecule has 1 aromatic carbocycles. The highest BCUT2D eigenvalue weighted by atomic mass is 32.1. The predicted octanol–water partition coefficient (Wildman–Crippen LogP) is 3.95. The van der Waals surface area contributed by atoms with E-state index in [1.54, 1.807) is 17.4 Å². The molecule has 2 heterocycles. The first-order valence-corrected chi connectivity index (χ1v) is 10.6. The van der Waals surface area contributed by atoms with Crippen LogP contribution < -0.4 is 10.1 Å². The van der Waals surface area contributed by atoms with Crippen molar-refractivity contribution in [2.45, 2.75) is 39.0 Å². The summed E-state index contributed by atoms with van der Waals surface area (Å²) in [6.45, 7) is 2.73. The number of aryl methyl sites for hydroxylation is 1. The van der Waals surface area contributed by atoms with E-state index < -0.39 is 0 Å². The van der Waals surface area contributed by atoms with Gasteiger partial charge in [-0.3, -0.25) is 14.5 Å². The van der Waals surface area contributed by atoms with Gasteiger partial charge in [0.15, 0.2) is 10.6 Å². The summed E-state index contributed by atoms with van der Waals surface area (Å²) >= 11 is 6.86. The first-order chi connectivity index (χ1) is 14.1. The molecule has 1 fully saturated rings. The molecule has 1 aliphatic rings. The number of carbonyl (C=O) groups excluding carboxylic acids is 1. The number of thiazole rings is 1. The average molecular weight is 428 g/mol. The molecular formula is C20H21N5O2S2. The topological polar surface area (TPSA) is 84.8 Å². The van der Waals surface area contributed by atoms with Crippen LogP contribution in [0.25, 0.3) is 6.08 Å². The van der Waals surface area contributed by atoms with Crippen molar-refractivity contribution in [3.8, 4) is 5.75 Å². The fraction of sp³-hybridized carbons (Fsp3) is 0.300. The van der Waals surface area contributed by atoms with Crippen LogP contribution >= 0.6 is 23.6 Å². The second-order valence-electron chi connectivity index (χ2n) is 6.82. The van der Waals surface area contributed by atoms with Gasteiger partial charge in [-0.25, -0.2) is 4.98 Å². The van der Waals surface area contributed by atoms with Crippen molar-refractivity contribution >= 4 is 35.5 Å². The molecule has 1 amide bonds. The lowest BCUT2D eigenvalue weighted by atomic mass is 10.2. The Hall–Kier alpha value is -2.78. The third-order valence-corrected chi connectivity index (χ3v) is 5.56. The quantitative estimate of drug-likeness (QED) is 0.420. The molecule has 0 spiro atoms. The summed E-state index contributed by atoms with van der Waals surface area (Å²) < 4.78 is 8.39. The fourth-order valence-electron chi connectivity index (χ4n) is 2.91. The third-order valence-electron chi connectivity index (χ3n) is 4.45. The highest BCUT2D eigenvalue weighted by molar-refractivity contribution is 7.71. The zero-order chi connectivity index (χ0) is 20.2. The van der Waals surface area contributed by atoms with Crippen molar-refractivity contribution in [3.05, 3.63) is 62.6 Å². The molecule has 0 aliphatic heterocycles. The summed E-state index contributed by atoms with van der Waals surface area (Å²) in [4.78, 5) is 16.6. The zero-order valence-corrected chi connectivity index (χ0v) is 17.6. The molecule has 29 heavy (non-hydrogen) atoms. The van der Waals surface area contributed by atoms with E-state index in [-0.39, 0.29) is 5.91 Å². The van der Waals surface area contributed by atoms with Gasteiger partial charge in [0.25, 0.3) is 0 Å². The predicted molar refractivity (Wildman–Crippen MR) is 114 cm³/mol. The van der Waals surface area contributed by atoms with E-state index in [0.717, 1.165) is 40.7 Å². The van der Waals surface area contributed by atoms with Gasteiger partial charge in [-0.2, -0.15) is 5.10 Å². The summed E-state index contributed by atoms with van der Waals surface area (Å²) in [5.41, 5.74) is 1.80. The van der Waals surface area contributed by atoms with Crippen LogP contribution in [0.4, 0.5) is 0 Å². The normalized spacial score (nSPS) is 13.7. The van der Waals surface area contributed by atoms with Gasteiger partial charge in [0.1, 0.15) is 12.4 Å². The van der Waals surface area contributed by atoms with Gasteiger partial charge in [0.2, 0.25) is 5.91 Å². The van der Waals surface area contributed by atoms with Crippen LogP contribution in [0.1, 0.15) is 41.0 Å². The number of benzene rings is 1. The second-order valence-corrected chi connectivity index (χ2v) is 8.27. The SMILES string of the molecule is Cc1nc(COc2cccc(/C=C/C(=O)NCc3n[nH]c(=S)n3C3CC3)c2)cs1. The zero-order valence-electron chi connectivity index (χ0n) is 15.9. The van der Waals surface area contributed by atoms with Crippen LogP contribution in [0.3, 0.4) is 0 Å².